The molecule has 1 saturated carbocycles. The summed E-state index contributed by atoms with van der Waals surface area (Å²) in [5.41, 5.74) is 0.804. The molecule has 1 unspecified atom stereocenters. The van der Waals surface area contributed by atoms with Gasteiger partial charge in [0, 0.05) is 18.7 Å². The second-order valence-electron chi connectivity index (χ2n) is 4.87. The fraction of sp³-hybridized carbons (Fsp3) is 0.538. The highest BCUT2D eigenvalue weighted by molar-refractivity contribution is 5.48. The Bertz CT molecular complexity index is 458. The van der Waals surface area contributed by atoms with Crippen LogP contribution in [0.4, 0.5) is 5.69 Å². The van der Waals surface area contributed by atoms with Crippen molar-refractivity contribution in [2.24, 2.45) is 0 Å². The van der Waals surface area contributed by atoms with Gasteiger partial charge < -0.3 is 15.2 Å². The Kier molecular flexibility index (Phi) is 4.34. The maximum atomic E-state index is 11.0. The summed E-state index contributed by atoms with van der Waals surface area (Å²) in [6.45, 7) is 2.24. The number of aliphatic hydroxyl groups excluding tert-OH is 1. The van der Waals surface area contributed by atoms with Crippen molar-refractivity contribution in [2.45, 2.75) is 38.5 Å². The molecule has 2 N–H and O–H groups in total. The van der Waals surface area contributed by atoms with E-state index >= 15 is 0 Å². The third-order valence-electron chi connectivity index (χ3n) is 2.87. The van der Waals surface area contributed by atoms with Crippen molar-refractivity contribution < 1.29 is 14.8 Å². The molecule has 1 aromatic carbocycles. The first-order chi connectivity index (χ1) is 9.06. The standard InChI is InChI=1S/C13H18N2O4/c1-9(16)8-19-13-5-2-10(6-12(13)15(17)18)7-14-11-3-4-11/h2,5-6,9,11,14,16H,3-4,7-8H2,1H3. The van der Waals surface area contributed by atoms with Crippen LogP contribution in [-0.4, -0.2) is 28.8 Å². The molecule has 0 radical (unpaired) electrons. The van der Waals surface area contributed by atoms with Gasteiger partial charge in [0.05, 0.1) is 11.0 Å². The molecule has 6 heteroatoms. The normalized spacial score (nSPS) is 16.1. The number of ether oxygens (including phenoxy) is 1. The van der Waals surface area contributed by atoms with Gasteiger partial charge in [0.25, 0.3) is 0 Å². The van der Waals surface area contributed by atoms with E-state index in [1.54, 1.807) is 19.1 Å². The summed E-state index contributed by atoms with van der Waals surface area (Å²) in [7, 11) is 0. The van der Waals surface area contributed by atoms with E-state index in [0.717, 1.165) is 5.56 Å². The molecule has 6 nitrogen and oxygen atoms in total. The molecule has 0 spiro atoms. The fourth-order valence-corrected chi connectivity index (χ4v) is 1.70. The number of nitro groups is 1. The first kappa shape index (κ1) is 13.8. The molecule has 1 aliphatic rings. The largest absolute Gasteiger partial charge is 0.484 e. The zero-order chi connectivity index (χ0) is 13.8. The number of rotatable bonds is 7. The average Bonchev–Trinajstić information content (AvgIpc) is 3.18. The summed E-state index contributed by atoms with van der Waals surface area (Å²) in [6, 6.07) is 5.47. The lowest BCUT2D eigenvalue weighted by atomic mass is 10.2. The molecule has 1 atom stereocenters. The third-order valence-corrected chi connectivity index (χ3v) is 2.87. The van der Waals surface area contributed by atoms with Gasteiger partial charge in [0.2, 0.25) is 0 Å². The fourth-order valence-electron chi connectivity index (χ4n) is 1.70. The van der Waals surface area contributed by atoms with Crippen molar-refractivity contribution in [3.05, 3.63) is 33.9 Å². The average molecular weight is 266 g/mol. The minimum atomic E-state index is -0.657. The lowest BCUT2D eigenvalue weighted by Gasteiger charge is -2.10. The third kappa shape index (κ3) is 4.18. The van der Waals surface area contributed by atoms with Gasteiger partial charge in [0.15, 0.2) is 5.75 Å². The van der Waals surface area contributed by atoms with Gasteiger partial charge in [-0.3, -0.25) is 10.1 Å². The SMILES string of the molecule is CC(O)COc1ccc(CNC2CC2)cc1[N+](=O)[O-]. The highest BCUT2D eigenvalue weighted by Crippen LogP contribution is 2.28. The van der Waals surface area contributed by atoms with Crippen LogP contribution < -0.4 is 10.1 Å². The predicted molar refractivity (Wildman–Crippen MR) is 70.1 cm³/mol. The molecule has 2 rings (SSSR count). The number of benzene rings is 1. The molecule has 19 heavy (non-hydrogen) atoms. The van der Waals surface area contributed by atoms with E-state index in [1.807, 2.05) is 0 Å². The Balaban J connectivity index is 2.06. The highest BCUT2D eigenvalue weighted by atomic mass is 16.6. The second kappa shape index (κ2) is 5.99. The molecule has 1 aromatic rings. The Labute approximate surface area is 111 Å². The van der Waals surface area contributed by atoms with Crippen LogP contribution in [0.15, 0.2) is 18.2 Å². The Morgan fingerprint density at radius 2 is 2.32 bits per heavy atom. The van der Waals surface area contributed by atoms with E-state index in [4.69, 9.17) is 9.84 Å². The highest BCUT2D eigenvalue weighted by Gasteiger charge is 2.21. The molecule has 0 aromatic heterocycles. The van der Waals surface area contributed by atoms with Crippen molar-refractivity contribution in [1.29, 1.82) is 0 Å². The maximum Gasteiger partial charge on any atom is 0.311 e. The van der Waals surface area contributed by atoms with Crippen molar-refractivity contribution in [3.63, 3.8) is 0 Å². The molecule has 0 saturated heterocycles. The van der Waals surface area contributed by atoms with Crippen LogP contribution in [0.1, 0.15) is 25.3 Å². The number of aliphatic hydroxyl groups is 1. The van der Waals surface area contributed by atoms with Gasteiger partial charge in [-0.1, -0.05) is 6.07 Å². The zero-order valence-electron chi connectivity index (χ0n) is 10.8. The monoisotopic (exact) mass is 266 g/mol. The first-order valence-electron chi connectivity index (χ1n) is 6.38. The quantitative estimate of drug-likeness (QED) is 0.578. The summed E-state index contributed by atoms with van der Waals surface area (Å²) in [5.74, 6) is 0.195. The minimum Gasteiger partial charge on any atom is -0.484 e. The summed E-state index contributed by atoms with van der Waals surface area (Å²) in [5, 5.41) is 23.5. The van der Waals surface area contributed by atoms with Gasteiger partial charge in [-0.05, 0) is 31.4 Å². The molecule has 0 bridgehead atoms. The molecule has 1 aliphatic carbocycles. The van der Waals surface area contributed by atoms with Gasteiger partial charge in [-0.2, -0.15) is 0 Å². The topological polar surface area (TPSA) is 84.6 Å². The lowest BCUT2D eigenvalue weighted by Crippen LogP contribution is -2.16. The Hall–Kier alpha value is -1.66. The maximum absolute atomic E-state index is 11.0. The Morgan fingerprint density at radius 1 is 1.58 bits per heavy atom. The molecular weight excluding hydrogens is 248 g/mol. The van der Waals surface area contributed by atoms with Gasteiger partial charge in [0.1, 0.15) is 6.61 Å². The van der Waals surface area contributed by atoms with Crippen LogP contribution in [-0.2, 0) is 6.54 Å². The van der Waals surface area contributed by atoms with Crippen molar-refractivity contribution in [2.75, 3.05) is 6.61 Å². The summed E-state index contributed by atoms with van der Waals surface area (Å²) in [6.07, 6.45) is 1.70. The van der Waals surface area contributed by atoms with Crippen LogP contribution in [0.2, 0.25) is 0 Å². The molecule has 0 heterocycles. The van der Waals surface area contributed by atoms with E-state index in [1.165, 1.54) is 18.9 Å². The first-order valence-corrected chi connectivity index (χ1v) is 6.38. The second-order valence-corrected chi connectivity index (χ2v) is 4.87. The molecule has 104 valence electrons. The lowest BCUT2D eigenvalue weighted by molar-refractivity contribution is -0.386. The van der Waals surface area contributed by atoms with E-state index in [9.17, 15) is 10.1 Å². The van der Waals surface area contributed by atoms with Crippen LogP contribution >= 0.6 is 0 Å². The summed E-state index contributed by atoms with van der Waals surface area (Å²) in [4.78, 5) is 10.6. The number of hydrogen-bond acceptors (Lipinski definition) is 5. The van der Waals surface area contributed by atoms with Gasteiger partial charge in [-0.25, -0.2) is 0 Å². The van der Waals surface area contributed by atoms with E-state index in [-0.39, 0.29) is 18.0 Å². The van der Waals surface area contributed by atoms with Crippen LogP contribution in [0, 0.1) is 10.1 Å². The summed E-state index contributed by atoms with van der Waals surface area (Å²) >= 11 is 0. The minimum absolute atomic E-state index is 0.0422. The molecular formula is C13H18N2O4. The summed E-state index contributed by atoms with van der Waals surface area (Å²) < 4.78 is 5.24. The van der Waals surface area contributed by atoms with E-state index in [0.29, 0.717) is 12.6 Å². The van der Waals surface area contributed by atoms with Gasteiger partial charge in [-0.15, -0.1) is 0 Å². The van der Waals surface area contributed by atoms with E-state index in [2.05, 4.69) is 5.32 Å². The molecule has 0 amide bonds. The van der Waals surface area contributed by atoms with Crippen molar-refractivity contribution >= 4 is 5.69 Å². The van der Waals surface area contributed by atoms with Crippen LogP contribution in [0.25, 0.3) is 0 Å². The number of nitrogens with zero attached hydrogens (tertiary/aromatic N) is 1. The number of hydrogen-bond donors (Lipinski definition) is 2. The van der Waals surface area contributed by atoms with Crippen LogP contribution in [0.5, 0.6) is 5.75 Å². The molecule has 1 fully saturated rings. The van der Waals surface area contributed by atoms with Gasteiger partial charge >= 0.3 is 5.69 Å². The van der Waals surface area contributed by atoms with Crippen LogP contribution in [0.3, 0.4) is 0 Å². The zero-order valence-corrected chi connectivity index (χ0v) is 10.8. The van der Waals surface area contributed by atoms with Crippen molar-refractivity contribution in [1.82, 2.24) is 5.32 Å². The number of nitro benzene ring substituents is 1. The smallest absolute Gasteiger partial charge is 0.311 e. The van der Waals surface area contributed by atoms with E-state index < -0.39 is 11.0 Å². The molecule has 0 aliphatic heterocycles. The number of nitrogens with one attached hydrogen (secondary N) is 1. The van der Waals surface area contributed by atoms with Crippen molar-refractivity contribution in [3.8, 4) is 5.75 Å². The predicted octanol–water partition coefficient (Wildman–Crippen LogP) is 1.61. The Morgan fingerprint density at radius 3 is 2.89 bits per heavy atom.